The lowest BCUT2D eigenvalue weighted by molar-refractivity contribution is -0.126. The Morgan fingerprint density at radius 3 is 2.31 bits per heavy atom. The Balaban J connectivity index is 1.44. The van der Waals surface area contributed by atoms with Gasteiger partial charge in [0.2, 0.25) is 11.8 Å². The van der Waals surface area contributed by atoms with Crippen molar-refractivity contribution in [1.29, 1.82) is 0 Å². The molecule has 0 radical (unpaired) electrons. The third-order valence-electron chi connectivity index (χ3n) is 5.49. The van der Waals surface area contributed by atoms with Crippen molar-refractivity contribution in [3.8, 4) is 11.5 Å². The molecule has 0 aromatic heterocycles. The Morgan fingerprint density at radius 1 is 1.03 bits per heavy atom. The Kier molecular flexibility index (Phi) is 7.99. The lowest BCUT2D eigenvalue weighted by Gasteiger charge is -2.30. The van der Waals surface area contributed by atoms with Crippen molar-refractivity contribution in [3.63, 3.8) is 0 Å². The fraction of sp³-hybridized carbons (Fsp3) is 0.391. The summed E-state index contributed by atoms with van der Waals surface area (Å²) in [5, 5.41) is 5.45. The van der Waals surface area contributed by atoms with Crippen LogP contribution in [-0.2, 0) is 16.1 Å². The molecule has 0 saturated carbocycles. The number of benzene rings is 2. The summed E-state index contributed by atoms with van der Waals surface area (Å²) in [5.74, 6) is -0.926. The molecule has 1 heterocycles. The first-order valence-electron chi connectivity index (χ1n) is 10.4. The van der Waals surface area contributed by atoms with E-state index in [1.54, 1.807) is 18.2 Å². The molecule has 0 unspecified atom stereocenters. The van der Waals surface area contributed by atoms with Crippen LogP contribution in [0.25, 0.3) is 0 Å². The van der Waals surface area contributed by atoms with Gasteiger partial charge in [0.15, 0.2) is 11.5 Å². The number of likely N-dealkylation sites (tertiary alicyclic amines) is 1. The average Bonchev–Trinajstić information content (AvgIpc) is 2.79. The van der Waals surface area contributed by atoms with Gasteiger partial charge < -0.3 is 20.1 Å². The highest BCUT2D eigenvalue weighted by molar-refractivity contribution is 5.92. The average molecular weight is 447 g/mol. The molecule has 2 aromatic rings. The number of carbonyl (C=O) groups excluding carboxylic acids is 2. The third-order valence-corrected chi connectivity index (χ3v) is 5.49. The molecular formula is C23H27F2N3O4. The lowest BCUT2D eigenvalue weighted by atomic mass is 9.95. The van der Waals surface area contributed by atoms with E-state index in [-0.39, 0.29) is 36.4 Å². The summed E-state index contributed by atoms with van der Waals surface area (Å²) >= 11 is 0. The van der Waals surface area contributed by atoms with Crippen LogP contribution in [0.5, 0.6) is 11.5 Å². The van der Waals surface area contributed by atoms with Gasteiger partial charge in [-0.1, -0.05) is 6.07 Å². The molecule has 0 bridgehead atoms. The number of hydrogen-bond acceptors (Lipinski definition) is 5. The van der Waals surface area contributed by atoms with Crippen molar-refractivity contribution in [2.45, 2.75) is 19.4 Å². The van der Waals surface area contributed by atoms with Crippen LogP contribution in [0, 0.1) is 17.6 Å². The first-order chi connectivity index (χ1) is 15.4. The Hall–Kier alpha value is -3.20. The zero-order chi connectivity index (χ0) is 23.1. The molecule has 32 heavy (non-hydrogen) atoms. The van der Waals surface area contributed by atoms with Crippen molar-refractivity contribution < 1.29 is 27.8 Å². The smallest absolute Gasteiger partial charge is 0.238 e. The second kappa shape index (κ2) is 10.9. The number of piperidine rings is 1. The normalized spacial score (nSPS) is 14.6. The van der Waals surface area contributed by atoms with E-state index in [1.165, 1.54) is 20.3 Å². The van der Waals surface area contributed by atoms with E-state index in [9.17, 15) is 18.4 Å². The molecule has 3 rings (SSSR count). The number of carbonyl (C=O) groups is 2. The zero-order valence-corrected chi connectivity index (χ0v) is 18.1. The summed E-state index contributed by atoms with van der Waals surface area (Å²) in [7, 11) is 3.06. The minimum atomic E-state index is -0.680. The van der Waals surface area contributed by atoms with Crippen molar-refractivity contribution in [2.24, 2.45) is 5.92 Å². The first-order valence-corrected chi connectivity index (χ1v) is 10.4. The van der Waals surface area contributed by atoms with Crippen molar-refractivity contribution in [3.05, 3.63) is 53.6 Å². The second-order valence-electron chi connectivity index (χ2n) is 7.59. The number of rotatable bonds is 8. The summed E-state index contributed by atoms with van der Waals surface area (Å²) in [6.07, 6.45) is 1.13. The maximum atomic E-state index is 13.7. The van der Waals surface area contributed by atoms with Gasteiger partial charge in [-0.25, -0.2) is 8.78 Å². The molecule has 1 saturated heterocycles. The van der Waals surface area contributed by atoms with Gasteiger partial charge in [0.05, 0.1) is 20.8 Å². The number of hydrogen-bond donors (Lipinski definition) is 2. The van der Waals surface area contributed by atoms with Crippen LogP contribution in [0.1, 0.15) is 18.4 Å². The van der Waals surface area contributed by atoms with Crippen LogP contribution in [0.4, 0.5) is 14.5 Å². The van der Waals surface area contributed by atoms with Gasteiger partial charge in [-0.3, -0.25) is 14.5 Å². The molecule has 1 fully saturated rings. The van der Waals surface area contributed by atoms with Crippen molar-refractivity contribution in [2.75, 3.05) is 39.2 Å². The van der Waals surface area contributed by atoms with Crippen LogP contribution in [0.3, 0.4) is 0 Å². The summed E-state index contributed by atoms with van der Waals surface area (Å²) in [6.45, 7) is 1.16. The van der Waals surface area contributed by atoms with Gasteiger partial charge >= 0.3 is 0 Å². The minimum absolute atomic E-state index is 0.148. The van der Waals surface area contributed by atoms with E-state index < -0.39 is 11.6 Å². The fourth-order valence-corrected chi connectivity index (χ4v) is 3.69. The Bertz CT molecular complexity index is 942. The quantitative estimate of drug-likeness (QED) is 0.651. The van der Waals surface area contributed by atoms with Gasteiger partial charge in [-0.05, 0) is 50.2 Å². The van der Waals surface area contributed by atoms with Crippen LogP contribution < -0.4 is 20.1 Å². The molecule has 0 spiro atoms. The minimum Gasteiger partial charge on any atom is -0.493 e. The van der Waals surface area contributed by atoms with Crippen LogP contribution >= 0.6 is 0 Å². The SMILES string of the molecule is COc1ccc(NC(=O)CN2CCC(C(=O)NCc3c(F)cccc3F)CC2)cc1OC. The molecule has 1 aliphatic heterocycles. The second-order valence-corrected chi connectivity index (χ2v) is 7.59. The molecule has 2 amide bonds. The van der Waals surface area contributed by atoms with E-state index in [1.807, 2.05) is 4.90 Å². The van der Waals surface area contributed by atoms with Crippen molar-refractivity contribution in [1.82, 2.24) is 10.2 Å². The van der Waals surface area contributed by atoms with E-state index in [0.717, 1.165) is 12.1 Å². The predicted molar refractivity (Wildman–Crippen MR) is 116 cm³/mol. The Morgan fingerprint density at radius 2 is 1.69 bits per heavy atom. The van der Waals surface area contributed by atoms with Crippen LogP contribution in [0.15, 0.2) is 36.4 Å². The standard InChI is InChI=1S/C23H27F2N3O4/c1-31-20-7-6-16(12-21(20)32-2)27-22(29)14-28-10-8-15(9-11-28)23(30)26-13-17-18(24)4-3-5-19(17)25/h3-7,12,15H,8-11,13-14H2,1-2H3,(H,26,30)(H,27,29). The monoisotopic (exact) mass is 447 g/mol. The largest absolute Gasteiger partial charge is 0.493 e. The lowest BCUT2D eigenvalue weighted by Crippen LogP contribution is -2.43. The van der Waals surface area contributed by atoms with E-state index in [0.29, 0.717) is 43.1 Å². The molecule has 2 N–H and O–H groups in total. The number of nitrogens with zero attached hydrogens (tertiary/aromatic N) is 1. The van der Waals surface area contributed by atoms with Gasteiger partial charge in [-0.15, -0.1) is 0 Å². The topological polar surface area (TPSA) is 79.9 Å². The highest BCUT2D eigenvalue weighted by atomic mass is 19.1. The maximum Gasteiger partial charge on any atom is 0.238 e. The number of nitrogens with one attached hydrogen (secondary N) is 2. The van der Waals surface area contributed by atoms with E-state index >= 15 is 0 Å². The number of amides is 2. The van der Waals surface area contributed by atoms with E-state index in [2.05, 4.69) is 10.6 Å². The van der Waals surface area contributed by atoms with Gasteiger partial charge in [0.25, 0.3) is 0 Å². The molecule has 1 aliphatic rings. The molecule has 0 aliphatic carbocycles. The number of halogens is 2. The van der Waals surface area contributed by atoms with Gasteiger partial charge in [-0.2, -0.15) is 0 Å². The van der Waals surface area contributed by atoms with E-state index in [4.69, 9.17) is 9.47 Å². The summed E-state index contributed by atoms with van der Waals surface area (Å²) < 4.78 is 37.8. The molecule has 2 aromatic carbocycles. The number of ether oxygens (including phenoxy) is 2. The fourth-order valence-electron chi connectivity index (χ4n) is 3.69. The van der Waals surface area contributed by atoms with Crippen LogP contribution in [0.2, 0.25) is 0 Å². The van der Waals surface area contributed by atoms with Gasteiger partial charge in [0.1, 0.15) is 11.6 Å². The number of methoxy groups -OCH3 is 2. The highest BCUT2D eigenvalue weighted by Crippen LogP contribution is 2.29. The zero-order valence-electron chi connectivity index (χ0n) is 18.1. The molecule has 0 atom stereocenters. The molecule has 172 valence electrons. The van der Waals surface area contributed by atoms with Crippen molar-refractivity contribution >= 4 is 17.5 Å². The summed E-state index contributed by atoms with van der Waals surface area (Å²) in [5.41, 5.74) is 0.451. The molecular weight excluding hydrogens is 420 g/mol. The number of anilines is 1. The predicted octanol–water partition coefficient (Wildman–Crippen LogP) is 2.95. The molecule has 9 heteroatoms. The third kappa shape index (κ3) is 5.94. The van der Waals surface area contributed by atoms with Crippen LogP contribution in [-0.4, -0.2) is 50.6 Å². The van der Waals surface area contributed by atoms with Gasteiger partial charge in [0, 0.05) is 29.8 Å². The summed E-state index contributed by atoms with van der Waals surface area (Å²) in [4.78, 5) is 26.8. The Labute approximate surface area is 185 Å². The first kappa shape index (κ1) is 23.5. The highest BCUT2D eigenvalue weighted by Gasteiger charge is 2.26. The molecule has 7 nitrogen and oxygen atoms in total. The summed E-state index contributed by atoms with van der Waals surface area (Å²) in [6, 6.07) is 8.74. The maximum absolute atomic E-state index is 13.7.